The topological polar surface area (TPSA) is 184 Å². The number of benzene rings is 3. The van der Waals surface area contributed by atoms with Gasteiger partial charge in [-0.15, -0.1) is 0 Å². The van der Waals surface area contributed by atoms with Crippen molar-refractivity contribution >= 4 is 45.8 Å². The number of ether oxygens (including phenoxy) is 3. The average Bonchev–Trinajstić information content (AvgIpc) is 4.06. The molecule has 5 atom stereocenters. The first-order valence-electron chi connectivity index (χ1n) is 20.4. The van der Waals surface area contributed by atoms with Crippen molar-refractivity contribution in [2.24, 2.45) is 17.8 Å². The number of alkyl carbamates (subject to hydrolysis) is 2. The SMILES string of the molecule is COC(=O)N[C@H](C(=O)N1CCC[C@H]1c1ncc(-c2ccc3c(c2)COc2cc4c(ccc5nc([C@@H]6CC(C)CN6C(=O)[C@@H](NC(=O)OC)C(C)C)[nH]c54)cc2-3)[nH]1)C(C)C. The number of nitrogens with one attached hydrogen (secondary N) is 4. The van der Waals surface area contributed by atoms with Crippen LogP contribution >= 0.6 is 0 Å². The van der Waals surface area contributed by atoms with Gasteiger partial charge in [0.1, 0.15) is 36.1 Å². The molecule has 0 aliphatic carbocycles. The van der Waals surface area contributed by atoms with Crippen LogP contribution in [0.25, 0.3) is 44.2 Å². The van der Waals surface area contributed by atoms with E-state index in [1.54, 1.807) is 0 Å². The highest BCUT2D eigenvalue weighted by atomic mass is 16.5. The summed E-state index contributed by atoms with van der Waals surface area (Å²) in [5.41, 5.74) is 6.60. The highest BCUT2D eigenvalue weighted by Crippen LogP contribution is 2.44. The van der Waals surface area contributed by atoms with E-state index in [9.17, 15) is 19.2 Å². The lowest BCUT2D eigenvalue weighted by Crippen LogP contribution is -2.51. The Labute approximate surface area is 342 Å². The zero-order valence-electron chi connectivity index (χ0n) is 34.5. The van der Waals surface area contributed by atoms with E-state index in [1.165, 1.54) is 14.2 Å². The number of H-pyrrole nitrogens is 2. The van der Waals surface area contributed by atoms with Gasteiger partial charge in [-0.2, -0.15) is 0 Å². The molecular formula is C44H52N8O7. The van der Waals surface area contributed by atoms with E-state index in [1.807, 2.05) is 49.8 Å². The summed E-state index contributed by atoms with van der Waals surface area (Å²) < 4.78 is 16.0. The Kier molecular flexibility index (Phi) is 10.7. The summed E-state index contributed by atoms with van der Waals surface area (Å²) in [6, 6.07) is 12.7. The van der Waals surface area contributed by atoms with Crippen molar-refractivity contribution in [3.8, 4) is 28.1 Å². The Bertz CT molecular complexity index is 2440. The van der Waals surface area contributed by atoms with Crippen LogP contribution in [-0.2, 0) is 25.7 Å². The van der Waals surface area contributed by atoms with Crippen LogP contribution in [-0.4, -0.2) is 93.1 Å². The molecule has 0 bridgehead atoms. The maximum absolute atomic E-state index is 13.9. The third-order valence-corrected chi connectivity index (χ3v) is 12.0. The molecule has 15 nitrogen and oxygen atoms in total. The second-order valence-corrected chi connectivity index (χ2v) is 16.7. The summed E-state index contributed by atoms with van der Waals surface area (Å²) >= 11 is 0. The van der Waals surface area contributed by atoms with Gasteiger partial charge < -0.3 is 44.6 Å². The number of likely N-dealkylation sites (tertiary alicyclic amines) is 2. The van der Waals surface area contributed by atoms with Crippen LogP contribution < -0.4 is 15.4 Å². The zero-order valence-corrected chi connectivity index (χ0v) is 34.5. The Morgan fingerprint density at radius 3 is 2.25 bits per heavy atom. The number of fused-ring (bicyclic) bond motifs is 6. The lowest BCUT2D eigenvalue weighted by molar-refractivity contribution is -0.136. The molecule has 15 heteroatoms. The van der Waals surface area contributed by atoms with Gasteiger partial charge in [0.2, 0.25) is 11.8 Å². The molecule has 3 aromatic carbocycles. The Morgan fingerprint density at radius 1 is 0.847 bits per heavy atom. The van der Waals surface area contributed by atoms with Gasteiger partial charge in [0.15, 0.2) is 0 Å². The smallest absolute Gasteiger partial charge is 0.407 e. The van der Waals surface area contributed by atoms with Crippen molar-refractivity contribution in [2.45, 2.75) is 84.7 Å². The van der Waals surface area contributed by atoms with Gasteiger partial charge in [-0.1, -0.05) is 52.8 Å². The van der Waals surface area contributed by atoms with Crippen molar-refractivity contribution in [1.82, 2.24) is 40.4 Å². The van der Waals surface area contributed by atoms with Gasteiger partial charge in [0.05, 0.1) is 49.2 Å². The minimum atomic E-state index is -0.720. The molecule has 3 aliphatic rings. The van der Waals surface area contributed by atoms with Crippen molar-refractivity contribution in [2.75, 3.05) is 27.3 Å². The maximum Gasteiger partial charge on any atom is 0.407 e. The van der Waals surface area contributed by atoms with Crippen LogP contribution in [0.15, 0.2) is 48.7 Å². The zero-order chi connectivity index (χ0) is 41.7. The number of hydrogen-bond donors (Lipinski definition) is 4. The van der Waals surface area contributed by atoms with Crippen molar-refractivity contribution in [1.29, 1.82) is 0 Å². The maximum atomic E-state index is 13.9. The molecule has 310 valence electrons. The molecule has 2 aromatic heterocycles. The summed E-state index contributed by atoms with van der Waals surface area (Å²) in [5, 5.41) is 7.43. The van der Waals surface area contributed by atoms with Crippen LogP contribution in [0, 0.1) is 17.8 Å². The molecule has 0 radical (unpaired) electrons. The molecule has 2 fully saturated rings. The molecule has 0 saturated carbocycles. The van der Waals surface area contributed by atoms with E-state index in [4.69, 9.17) is 24.2 Å². The molecule has 1 unspecified atom stereocenters. The summed E-state index contributed by atoms with van der Waals surface area (Å²) in [4.78, 5) is 72.1. The van der Waals surface area contributed by atoms with Crippen molar-refractivity contribution < 1.29 is 33.4 Å². The third-order valence-electron chi connectivity index (χ3n) is 12.0. The first-order chi connectivity index (χ1) is 28.3. The largest absolute Gasteiger partial charge is 0.488 e. The van der Waals surface area contributed by atoms with Crippen molar-refractivity contribution in [3.63, 3.8) is 0 Å². The highest BCUT2D eigenvalue weighted by Gasteiger charge is 2.41. The van der Waals surface area contributed by atoms with E-state index in [-0.39, 0.29) is 41.7 Å². The van der Waals surface area contributed by atoms with Gasteiger partial charge >= 0.3 is 12.2 Å². The van der Waals surface area contributed by atoms with E-state index in [2.05, 4.69) is 63.9 Å². The predicted octanol–water partition coefficient (Wildman–Crippen LogP) is 7.00. The first-order valence-corrected chi connectivity index (χ1v) is 20.4. The standard InChI is InChI=1S/C44H52N8O7/c1-22(2)36(49-43(55)57-6)41(53)51-14-8-9-33(51)39-45-19-32(47-39)26-10-12-28-27(16-26)21-59-35-18-29-25(17-30(28)35)11-13-31-38(29)48-40(46-31)34-15-24(5)20-52(34)42(54)37(23(3)4)50-44(56)58-7/h10-13,16-19,22-24,33-34,36-37H,8-9,14-15,20-21H2,1-7H3,(H,45,47)(H,46,48)(H,49,55)(H,50,56)/t24?,33-,34-,36-,37-/m0/s1. The predicted molar refractivity (Wildman–Crippen MR) is 221 cm³/mol. The second-order valence-electron chi connectivity index (χ2n) is 16.7. The average molecular weight is 805 g/mol. The number of amides is 4. The van der Waals surface area contributed by atoms with Gasteiger partial charge in [-0.05, 0) is 83.4 Å². The quantitative estimate of drug-likeness (QED) is 0.122. The number of hydrogen-bond acceptors (Lipinski definition) is 9. The van der Waals surface area contributed by atoms with Crippen LogP contribution in [0.3, 0.4) is 0 Å². The molecule has 0 spiro atoms. The van der Waals surface area contributed by atoms with Crippen LogP contribution in [0.4, 0.5) is 9.59 Å². The molecule has 2 saturated heterocycles. The summed E-state index contributed by atoms with van der Waals surface area (Å²) in [7, 11) is 2.58. The fourth-order valence-electron chi connectivity index (χ4n) is 8.91. The highest BCUT2D eigenvalue weighted by molar-refractivity contribution is 6.07. The van der Waals surface area contributed by atoms with Crippen LogP contribution in [0.1, 0.15) is 83.2 Å². The van der Waals surface area contributed by atoms with E-state index >= 15 is 0 Å². The Morgan fingerprint density at radius 2 is 1.56 bits per heavy atom. The summed E-state index contributed by atoms with van der Waals surface area (Å²) in [5.74, 6) is 1.91. The number of imidazole rings is 2. The fourth-order valence-corrected chi connectivity index (χ4v) is 8.91. The van der Waals surface area contributed by atoms with E-state index in [0.29, 0.717) is 31.3 Å². The normalized spacial score (nSPS) is 19.7. The third kappa shape index (κ3) is 7.42. The van der Waals surface area contributed by atoms with E-state index in [0.717, 1.165) is 74.8 Å². The first kappa shape index (κ1) is 39.7. The monoisotopic (exact) mass is 804 g/mol. The Hall–Kier alpha value is -6.12. The van der Waals surface area contributed by atoms with Gasteiger partial charge in [0, 0.05) is 24.0 Å². The number of methoxy groups -OCH3 is 2. The lowest BCUT2D eigenvalue weighted by Gasteiger charge is -2.30. The number of carbonyl (C=O) groups excluding carboxylic acids is 4. The number of nitrogens with zero attached hydrogens (tertiary/aromatic N) is 4. The lowest BCUT2D eigenvalue weighted by atomic mass is 9.92. The molecular weight excluding hydrogens is 753 g/mol. The number of aromatic amines is 2. The molecule has 59 heavy (non-hydrogen) atoms. The molecule has 4 N–H and O–H groups in total. The molecule has 8 rings (SSSR count). The van der Waals surface area contributed by atoms with Crippen LogP contribution in [0.2, 0.25) is 0 Å². The van der Waals surface area contributed by atoms with Gasteiger partial charge in [-0.3, -0.25) is 9.59 Å². The molecule has 5 heterocycles. The van der Waals surface area contributed by atoms with E-state index < -0.39 is 24.3 Å². The number of rotatable bonds is 9. The summed E-state index contributed by atoms with van der Waals surface area (Å²) in [6.07, 6.45) is 2.90. The van der Waals surface area contributed by atoms with Crippen LogP contribution in [0.5, 0.6) is 5.75 Å². The minimum Gasteiger partial charge on any atom is -0.488 e. The fraction of sp³-hybridized carbons (Fsp3) is 0.455. The summed E-state index contributed by atoms with van der Waals surface area (Å²) in [6.45, 7) is 11.3. The van der Waals surface area contributed by atoms with Crippen molar-refractivity contribution in [3.05, 3.63) is 65.9 Å². The van der Waals surface area contributed by atoms with Gasteiger partial charge in [0.25, 0.3) is 0 Å². The number of aromatic nitrogens is 4. The molecule has 3 aliphatic heterocycles. The second kappa shape index (κ2) is 15.9. The van der Waals surface area contributed by atoms with Gasteiger partial charge in [-0.25, -0.2) is 19.6 Å². The Balaban J connectivity index is 1.04. The molecule has 4 amide bonds. The molecule has 5 aromatic rings. The minimum absolute atomic E-state index is 0.117. The number of carbonyl (C=O) groups is 4.